The van der Waals surface area contributed by atoms with Gasteiger partial charge in [0.05, 0.1) is 13.2 Å². The summed E-state index contributed by atoms with van der Waals surface area (Å²) in [6.07, 6.45) is 3.39. The van der Waals surface area contributed by atoms with Gasteiger partial charge in [-0.15, -0.1) is 0 Å². The fourth-order valence-corrected chi connectivity index (χ4v) is 3.12. The molecule has 1 saturated heterocycles. The first kappa shape index (κ1) is 19.5. The van der Waals surface area contributed by atoms with Crippen molar-refractivity contribution < 1.29 is 9.47 Å². The number of hydrogen-bond acceptors (Lipinski definition) is 4. The lowest BCUT2D eigenvalue weighted by Gasteiger charge is -2.23. The van der Waals surface area contributed by atoms with E-state index in [1.54, 1.807) is 7.11 Å². The van der Waals surface area contributed by atoms with E-state index in [0.717, 1.165) is 30.8 Å². The molecule has 0 aliphatic carbocycles. The number of aliphatic imine (C=N–C) groups is 1. The van der Waals surface area contributed by atoms with E-state index in [2.05, 4.69) is 22.1 Å². The van der Waals surface area contributed by atoms with Gasteiger partial charge in [-0.3, -0.25) is 4.90 Å². The molecule has 1 aliphatic heterocycles. The van der Waals surface area contributed by atoms with E-state index >= 15 is 0 Å². The zero-order valence-corrected chi connectivity index (χ0v) is 15.5. The molecule has 3 N–H and O–H groups in total. The minimum atomic E-state index is 0.509. The van der Waals surface area contributed by atoms with E-state index in [-0.39, 0.29) is 0 Å². The third kappa shape index (κ3) is 6.92. The van der Waals surface area contributed by atoms with Crippen LogP contribution in [0, 0.1) is 0 Å². The summed E-state index contributed by atoms with van der Waals surface area (Å²) in [6, 6.07) is 8.56. The first-order valence-electron chi connectivity index (χ1n) is 9.21. The summed E-state index contributed by atoms with van der Waals surface area (Å²) in [7, 11) is 1.70. The Kier molecular flexibility index (Phi) is 8.55. The van der Waals surface area contributed by atoms with Gasteiger partial charge in [-0.05, 0) is 43.6 Å². The second-order valence-corrected chi connectivity index (χ2v) is 6.35. The molecular weight excluding hydrogens is 316 g/mol. The van der Waals surface area contributed by atoms with Gasteiger partial charge in [0.15, 0.2) is 5.96 Å². The van der Waals surface area contributed by atoms with Crippen molar-refractivity contribution in [1.82, 2.24) is 10.2 Å². The number of likely N-dealkylation sites (N-methyl/N-ethyl adjacent to an activating group) is 1. The smallest absolute Gasteiger partial charge is 0.188 e. The molecular formula is C19H32N4O2. The summed E-state index contributed by atoms with van der Waals surface area (Å²) in [6.45, 7) is 7.28. The zero-order valence-electron chi connectivity index (χ0n) is 15.5. The van der Waals surface area contributed by atoms with Crippen molar-refractivity contribution in [2.24, 2.45) is 10.7 Å². The van der Waals surface area contributed by atoms with Gasteiger partial charge in [-0.2, -0.15) is 0 Å². The molecule has 1 aliphatic rings. The van der Waals surface area contributed by atoms with Crippen molar-refractivity contribution in [3.63, 3.8) is 0 Å². The summed E-state index contributed by atoms with van der Waals surface area (Å²) < 4.78 is 10.7. The lowest BCUT2D eigenvalue weighted by Crippen LogP contribution is -2.42. The molecule has 1 aromatic rings. The van der Waals surface area contributed by atoms with Gasteiger partial charge >= 0.3 is 0 Å². The quantitative estimate of drug-likeness (QED) is 0.384. The Morgan fingerprint density at radius 2 is 2.28 bits per heavy atom. The van der Waals surface area contributed by atoms with E-state index in [1.807, 2.05) is 24.3 Å². The maximum Gasteiger partial charge on any atom is 0.188 e. The van der Waals surface area contributed by atoms with Crippen LogP contribution in [-0.4, -0.2) is 56.9 Å². The van der Waals surface area contributed by atoms with E-state index in [0.29, 0.717) is 31.8 Å². The van der Waals surface area contributed by atoms with Crippen molar-refractivity contribution >= 4 is 5.96 Å². The molecule has 6 nitrogen and oxygen atoms in total. The van der Waals surface area contributed by atoms with E-state index < -0.39 is 0 Å². The van der Waals surface area contributed by atoms with Gasteiger partial charge in [0.25, 0.3) is 0 Å². The van der Waals surface area contributed by atoms with Crippen molar-refractivity contribution in [3.05, 3.63) is 29.8 Å². The van der Waals surface area contributed by atoms with Crippen LogP contribution in [0.1, 0.15) is 31.7 Å². The molecule has 2 rings (SSSR count). The molecule has 0 bridgehead atoms. The van der Waals surface area contributed by atoms with Crippen molar-refractivity contribution in [2.45, 2.75) is 38.8 Å². The maximum atomic E-state index is 6.01. The maximum absolute atomic E-state index is 6.01. The van der Waals surface area contributed by atoms with Crippen LogP contribution >= 0.6 is 0 Å². The highest BCUT2D eigenvalue weighted by atomic mass is 16.5. The molecule has 25 heavy (non-hydrogen) atoms. The highest BCUT2D eigenvalue weighted by Gasteiger charge is 2.22. The van der Waals surface area contributed by atoms with Gasteiger partial charge in [-0.1, -0.05) is 19.1 Å². The number of ether oxygens (including phenoxy) is 2. The molecule has 6 heteroatoms. The number of nitrogens with two attached hydrogens (primary N) is 1. The van der Waals surface area contributed by atoms with Crippen molar-refractivity contribution in [1.29, 1.82) is 0 Å². The number of benzene rings is 1. The monoisotopic (exact) mass is 348 g/mol. The highest BCUT2D eigenvalue weighted by molar-refractivity contribution is 5.77. The Balaban J connectivity index is 1.75. The van der Waals surface area contributed by atoms with Crippen molar-refractivity contribution in [2.75, 3.05) is 40.0 Å². The van der Waals surface area contributed by atoms with Gasteiger partial charge in [-0.25, -0.2) is 4.99 Å². The zero-order chi connectivity index (χ0) is 17.9. The van der Waals surface area contributed by atoms with Crippen LogP contribution in [0.3, 0.4) is 0 Å². The molecule has 0 radical (unpaired) electrons. The first-order chi connectivity index (χ1) is 12.2. The lowest BCUT2D eigenvalue weighted by atomic mass is 10.2. The Hall–Kier alpha value is -1.79. The van der Waals surface area contributed by atoms with Crippen LogP contribution in [0.25, 0.3) is 0 Å². The van der Waals surface area contributed by atoms with Crippen LogP contribution in [0.15, 0.2) is 29.3 Å². The third-order valence-electron chi connectivity index (χ3n) is 4.52. The molecule has 0 spiro atoms. The van der Waals surface area contributed by atoms with Crippen LogP contribution in [0.4, 0.5) is 0 Å². The molecule has 1 unspecified atom stereocenters. The number of hydrogen-bond donors (Lipinski definition) is 2. The second kappa shape index (κ2) is 10.9. The topological polar surface area (TPSA) is 72.1 Å². The summed E-state index contributed by atoms with van der Waals surface area (Å²) in [5, 5.41) is 3.26. The number of nitrogens with one attached hydrogen (secondary N) is 1. The summed E-state index contributed by atoms with van der Waals surface area (Å²) in [5.41, 5.74) is 7.10. The van der Waals surface area contributed by atoms with Gasteiger partial charge < -0.3 is 20.5 Å². The minimum Gasteiger partial charge on any atom is -0.493 e. The van der Waals surface area contributed by atoms with Gasteiger partial charge in [0, 0.05) is 32.7 Å². The first-order valence-corrected chi connectivity index (χ1v) is 9.21. The Labute approximate surface area is 151 Å². The van der Waals surface area contributed by atoms with Crippen LogP contribution < -0.4 is 15.8 Å². The highest BCUT2D eigenvalue weighted by Crippen LogP contribution is 2.16. The Bertz CT molecular complexity index is 536. The van der Waals surface area contributed by atoms with Crippen LogP contribution in [0.2, 0.25) is 0 Å². The van der Waals surface area contributed by atoms with E-state index in [1.165, 1.54) is 19.4 Å². The molecule has 1 atom stereocenters. The standard InChI is InChI=1S/C19H32N4O2/c1-3-23-10-5-8-17(23)15-22-19(20)21-14-16-7-4-9-18(13-16)25-12-6-11-24-2/h4,7,9,13,17H,3,5-6,8,10-12,14-15H2,1-2H3,(H3,20,21,22). The molecule has 140 valence electrons. The molecule has 0 saturated carbocycles. The van der Waals surface area contributed by atoms with E-state index in [9.17, 15) is 0 Å². The summed E-state index contributed by atoms with van der Waals surface area (Å²) in [4.78, 5) is 6.94. The molecule has 1 heterocycles. The number of guanidine groups is 1. The molecule has 1 aromatic carbocycles. The average Bonchev–Trinajstić information content (AvgIpc) is 3.10. The lowest BCUT2D eigenvalue weighted by molar-refractivity contribution is 0.172. The number of likely N-dealkylation sites (tertiary alicyclic amines) is 1. The second-order valence-electron chi connectivity index (χ2n) is 6.35. The number of rotatable bonds is 10. The van der Waals surface area contributed by atoms with Gasteiger partial charge in [0.1, 0.15) is 5.75 Å². The Morgan fingerprint density at radius 3 is 3.08 bits per heavy atom. The SMILES string of the molecule is CCN1CCCC1CNC(N)=NCc1cccc(OCCCOC)c1. The number of nitrogens with zero attached hydrogens (tertiary/aromatic N) is 2. The van der Waals surface area contributed by atoms with Crippen molar-refractivity contribution in [3.8, 4) is 5.75 Å². The fraction of sp³-hybridized carbons (Fsp3) is 0.632. The van der Waals surface area contributed by atoms with Crippen LogP contribution in [0.5, 0.6) is 5.75 Å². The predicted molar refractivity (Wildman–Crippen MR) is 102 cm³/mol. The predicted octanol–water partition coefficient (Wildman–Crippen LogP) is 1.99. The Morgan fingerprint density at radius 1 is 1.40 bits per heavy atom. The largest absolute Gasteiger partial charge is 0.493 e. The van der Waals surface area contributed by atoms with E-state index in [4.69, 9.17) is 15.2 Å². The average molecular weight is 348 g/mol. The molecule has 1 fully saturated rings. The normalized spacial score (nSPS) is 18.5. The minimum absolute atomic E-state index is 0.509. The third-order valence-corrected chi connectivity index (χ3v) is 4.52. The summed E-state index contributed by atoms with van der Waals surface area (Å²) >= 11 is 0. The summed E-state index contributed by atoms with van der Waals surface area (Å²) in [5.74, 6) is 1.37. The van der Waals surface area contributed by atoms with Gasteiger partial charge in [0.2, 0.25) is 0 Å². The number of methoxy groups -OCH3 is 1. The molecule has 0 amide bonds. The molecule has 0 aromatic heterocycles. The van der Waals surface area contributed by atoms with Crippen LogP contribution in [-0.2, 0) is 11.3 Å². The fourth-order valence-electron chi connectivity index (χ4n) is 3.12.